The normalized spacial score (nSPS) is 9.71. The van der Waals surface area contributed by atoms with Crippen molar-refractivity contribution in [3.05, 3.63) is 18.1 Å². The molecular weight excluding hydrogens is 226 g/mol. The number of esters is 1. The minimum Gasteiger partial charge on any atom is -0.481 e. The van der Waals surface area contributed by atoms with Crippen LogP contribution in [0.3, 0.4) is 0 Å². The van der Waals surface area contributed by atoms with Gasteiger partial charge in [-0.1, -0.05) is 0 Å². The fourth-order valence-electron chi connectivity index (χ4n) is 1.10. The van der Waals surface area contributed by atoms with E-state index in [1.807, 2.05) is 0 Å². The number of anilines is 1. The number of carbonyl (C=O) groups excluding carboxylic acids is 1. The van der Waals surface area contributed by atoms with Gasteiger partial charge in [0, 0.05) is 19.2 Å². The van der Waals surface area contributed by atoms with Crippen molar-refractivity contribution in [1.82, 2.24) is 9.97 Å². The molecule has 92 valence electrons. The molecule has 0 atom stereocenters. The predicted octanol–water partition coefficient (Wildman–Crippen LogP) is 0.540. The van der Waals surface area contributed by atoms with Crippen molar-refractivity contribution in [3.8, 4) is 0 Å². The molecule has 0 bridgehead atoms. The van der Waals surface area contributed by atoms with Gasteiger partial charge in [-0.25, -0.2) is 14.8 Å². The van der Waals surface area contributed by atoms with Gasteiger partial charge in [0.2, 0.25) is 5.82 Å². The SMILES string of the molecule is COC(=O)c1nccc(NCCCC(=O)O)n1. The van der Waals surface area contributed by atoms with E-state index in [9.17, 15) is 9.59 Å². The van der Waals surface area contributed by atoms with E-state index in [1.54, 1.807) is 6.07 Å². The lowest BCUT2D eigenvalue weighted by Gasteiger charge is -2.05. The fraction of sp³-hybridized carbons (Fsp3) is 0.400. The molecule has 0 spiro atoms. The molecule has 2 N–H and O–H groups in total. The second kappa shape index (κ2) is 6.41. The van der Waals surface area contributed by atoms with E-state index >= 15 is 0 Å². The maximum Gasteiger partial charge on any atom is 0.376 e. The first-order valence-corrected chi connectivity index (χ1v) is 5.00. The third kappa shape index (κ3) is 4.45. The number of carboxylic acid groups (broad SMARTS) is 1. The van der Waals surface area contributed by atoms with Gasteiger partial charge in [0.1, 0.15) is 5.82 Å². The smallest absolute Gasteiger partial charge is 0.376 e. The zero-order chi connectivity index (χ0) is 12.7. The number of nitrogens with one attached hydrogen (secondary N) is 1. The zero-order valence-electron chi connectivity index (χ0n) is 9.34. The molecule has 0 amide bonds. The highest BCUT2D eigenvalue weighted by Gasteiger charge is 2.09. The van der Waals surface area contributed by atoms with Crippen LogP contribution < -0.4 is 5.32 Å². The van der Waals surface area contributed by atoms with Crippen molar-refractivity contribution in [2.75, 3.05) is 19.0 Å². The van der Waals surface area contributed by atoms with E-state index in [2.05, 4.69) is 20.0 Å². The Morgan fingerprint density at radius 2 is 2.29 bits per heavy atom. The average Bonchev–Trinajstić information content (AvgIpc) is 2.34. The lowest BCUT2D eigenvalue weighted by atomic mass is 10.3. The number of carboxylic acids is 1. The summed E-state index contributed by atoms with van der Waals surface area (Å²) in [4.78, 5) is 29.1. The van der Waals surface area contributed by atoms with Crippen molar-refractivity contribution in [1.29, 1.82) is 0 Å². The maximum absolute atomic E-state index is 11.1. The molecule has 1 aromatic rings. The van der Waals surface area contributed by atoms with Gasteiger partial charge in [-0.3, -0.25) is 4.79 Å². The summed E-state index contributed by atoms with van der Waals surface area (Å²) in [5.74, 6) is -1.02. The van der Waals surface area contributed by atoms with Crippen LogP contribution in [0.4, 0.5) is 5.82 Å². The van der Waals surface area contributed by atoms with Crippen molar-refractivity contribution < 1.29 is 19.4 Å². The van der Waals surface area contributed by atoms with E-state index in [4.69, 9.17) is 5.11 Å². The molecule has 7 heteroatoms. The molecule has 0 fully saturated rings. The maximum atomic E-state index is 11.1. The first kappa shape index (κ1) is 12.9. The number of nitrogens with zero attached hydrogens (tertiary/aromatic N) is 2. The topological polar surface area (TPSA) is 101 Å². The van der Waals surface area contributed by atoms with Crippen LogP contribution in [0.2, 0.25) is 0 Å². The molecule has 0 aliphatic carbocycles. The van der Waals surface area contributed by atoms with Crippen molar-refractivity contribution in [2.24, 2.45) is 0 Å². The summed E-state index contributed by atoms with van der Waals surface area (Å²) >= 11 is 0. The predicted molar refractivity (Wildman–Crippen MR) is 58.7 cm³/mol. The van der Waals surface area contributed by atoms with E-state index in [-0.39, 0.29) is 12.2 Å². The van der Waals surface area contributed by atoms with E-state index < -0.39 is 11.9 Å². The van der Waals surface area contributed by atoms with Crippen LogP contribution in [0.5, 0.6) is 0 Å². The number of hydrogen-bond donors (Lipinski definition) is 2. The molecule has 0 aliphatic rings. The van der Waals surface area contributed by atoms with E-state index in [1.165, 1.54) is 13.3 Å². The van der Waals surface area contributed by atoms with Gasteiger partial charge in [0.05, 0.1) is 7.11 Å². The Bertz CT molecular complexity index is 408. The second-order valence-corrected chi connectivity index (χ2v) is 3.18. The van der Waals surface area contributed by atoms with Crippen LogP contribution in [-0.2, 0) is 9.53 Å². The van der Waals surface area contributed by atoms with Gasteiger partial charge >= 0.3 is 11.9 Å². The summed E-state index contributed by atoms with van der Waals surface area (Å²) in [6, 6.07) is 1.59. The van der Waals surface area contributed by atoms with Gasteiger partial charge in [-0.2, -0.15) is 0 Å². The largest absolute Gasteiger partial charge is 0.481 e. The van der Waals surface area contributed by atoms with Crippen LogP contribution in [0.1, 0.15) is 23.5 Å². The summed E-state index contributed by atoms with van der Waals surface area (Å²) in [7, 11) is 1.25. The molecule has 1 aromatic heterocycles. The highest BCUT2D eigenvalue weighted by molar-refractivity contribution is 5.85. The molecule has 0 saturated carbocycles. The number of aliphatic carboxylic acids is 1. The molecule has 0 saturated heterocycles. The number of aromatic nitrogens is 2. The van der Waals surface area contributed by atoms with Crippen LogP contribution in [-0.4, -0.2) is 40.7 Å². The first-order valence-electron chi connectivity index (χ1n) is 5.00. The van der Waals surface area contributed by atoms with Gasteiger partial charge in [-0.15, -0.1) is 0 Å². The summed E-state index contributed by atoms with van der Waals surface area (Å²) in [5, 5.41) is 11.3. The molecule has 7 nitrogen and oxygen atoms in total. The monoisotopic (exact) mass is 239 g/mol. The van der Waals surface area contributed by atoms with Crippen molar-refractivity contribution in [2.45, 2.75) is 12.8 Å². The lowest BCUT2D eigenvalue weighted by Crippen LogP contribution is -2.11. The third-order valence-corrected chi connectivity index (χ3v) is 1.90. The molecule has 17 heavy (non-hydrogen) atoms. The first-order chi connectivity index (χ1) is 8.13. The van der Waals surface area contributed by atoms with E-state index in [0.717, 1.165) is 0 Å². The number of hydrogen-bond acceptors (Lipinski definition) is 6. The third-order valence-electron chi connectivity index (χ3n) is 1.90. The van der Waals surface area contributed by atoms with Crippen LogP contribution in [0.25, 0.3) is 0 Å². The van der Waals surface area contributed by atoms with Crippen LogP contribution >= 0.6 is 0 Å². The quantitative estimate of drug-likeness (QED) is 0.551. The van der Waals surface area contributed by atoms with E-state index in [0.29, 0.717) is 18.8 Å². The second-order valence-electron chi connectivity index (χ2n) is 3.18. The van der Waals surface area contributed by atoms with Gasteiger partial charge in [0.25, 0.3) is 0 Å². The average molecular weight is 239 g/mol. The van der Waals surface area contributed by atoms with Gasteiger partial charge in [-0.05, 0) is 12.5 Å². The fourth-order valence-corrected chi connectivity index (χ4v) is 1.10. The summed E-state index contributed by atoms with van der Waals surface area (Å²) in [5.41, 5.74) is 0. The Morgan fingerprint density at radius 1 is 1.53 bits per heavy atom. The van der Waals surface area contributed by atoms with Gasteiger partial charge in [0.15, 0.2) is 0 Å². The molecule has 0 aliphatic heterocycles. The number of carbonyl (C=O) groups is 2. The standard InChI is InChI=1S/C10H13N3O4/c1-17-10(16)9-12-6-4-7(13-9)11-5-2-3-8(14)15/h4,6H,2-3,5H2,1H3,(H,14,15)(H,11,12,13). The van der Waals surface area contributed by atoms with Gasteiger partial charge < -0.3 is 15.2 Å². The number of methoxy groups -OCH3 is 1. The molecule has 0 radical (unpaired) electrons. The molecule has 0 unspecified atom stereocenters. The molecule has 0 aromatic carbocycles. The van der Waals surface area contributed by atoms with Crippen LogP contribution in [0, 0.1) is 0 Å². The summed E-state index contributed by atoms with van der Waals surface area (Å²) < 4.78 is 4.48. The summed E-state index contributed by atoms with van der Waals surface area (Å²) in [6.45, 7) is 0.462. The molecule has 1 heterocycles. The Morgan fingerprint density at radius 3 is 2.94 bits per heavy atom. The Hall–Kier alpha value is -2.18. The lowest BCUT2D eigenvalue weighted by molar-refractivity contribution is -0.137. The Kier molecular flexibility index (Phi) is 4.86. The summed E-state index contributed by atoms with van der Waals surface area (Å²) in [6.07, 6.45) is 1.99. The van der Waals surface area contributed by atoms with Crippen LogP contribution in [0.15, 0.2) is 12.3 Å². The molecular formula is C10H13N3O4. The highest BCUT2D eigenvalue weighted by Crippen LogP contribution is 2.03. The van der Waals surface area contributed by atoms with Crippen molar-refractivity contribution in [3.63, 3.8) is 0 Å². The minimum atomic E-state index is -0.843. The molecule has 1 rings (SSSR count). The Balaban J connectivity index is 2.48. The highest BCUT2D eigenvalue weighted by atomic mass is 16.5. The number of rotatable bonds is 6. The minimum absolute atomic E-state index is 0.0317. The number of ether oxygens (including phenoxy) is 1. The van der Waals surface area contributed by atoms with Crippen molar-refractivity contribution >= 4 is 17.8 Å². The Labute approximate surface area is 97.8 Å². The zero-order valence-corrected chi connectivity index (χ0v) is 9.34.